The molecule has 0 spiro atoms. The predicted octanol–water partition coefficient (Wildman–Crippen LogP) is 8.28. The summed E-state index contributed by atoms with van der Waals surface area (Å²) in [7, 11) is 0. The molecule has 0 fully saturated rings. The molecule has 1 unspecified atom stereocenters. The number of ether oxygens (including phenoxy) is 1. The fourth-order valence-electron chi connectivity index (χ4n) is 4.22. The van der Waals surface area contributed by atoms with Crippen molar-refractivity contribution >= 4 is 0 Å². The van der Waals surface area contributed by atoms with E-state index in [-0.39, 0.29) is 0 Å². The molecule has 1 atom stereocenters. The molecule has 0 saturated heterocycles. The lowest BCUT2D eigenvalue weighted by molar-refractivity contribution is 0.340. The van der Waals surface area contributed by atoms with Gasteiger partial charge in [-0.3, -0.25) is 0 Å². The third kappa shape index (κ3) is 9.49. The first kappa shape index (κ1) is 22.1. The highest BCUT2D eigenvalue weighted by Gasteiger charge is 2.14. The highest BCUT2D eigenvalue weighted by atomic mass is 16.5. The van der Waals surface area contributed by atoms with Gasteiger partial charge in [-0.05, 0) is 62.6 Å². The number of rotatable bonds is 14. The van der Waals surface area contributed by atoms with Crippen LogP contribution in [0.4, 0.5) is 0 Å². The Morgan fingerprint density at radius 3 is 2.19 bits per heavy atom. The summed E-state index contributed by atoms with van der Waals surface area (Å²) in [6.45, 7) is 5.07. The molecule has 1 aliphatic rings. The molecular formula is C26H42O. The van der Waals surface area contributed by atoms with Crippen LogP contribution in [0.25, 0.3) is 0 Å². The Morgan fingerprint density at radius 2 is 1.56 bits per heavy atom. The normalized spacial score (nSPS) is 17.0. The molecule has 0 bridgehead atoms. The summed E-state index contributed by atoms with van der Waals surface area (Å²) in [5.74, 6) is 1.95. The number of hydrogen-bond donors (Lipinski definition) is 0. The molecule has 1 nitrogen and oxygen atoms in total. The second kappa shape index (κ2) is 13.9. The van der Waals surface area contributed by atoms with E-state index in [4.69, 9.17) is 4.74 Å². The quantitative estimate of drug-likeness (QED) is 0.236. The second-order valence-corrected chi connectivity index (χ2v) is 8.34. The van der Waals surface area contributed by atoms with Crippen molar-refractivity contribution in [2.24, 2.45) is 5.92 Å². The minimum atomic E-state index is 0.742. The largest absolute Gasteiger partial charge is 0.494 e. The molecule has 1 aliphatic carbocycles. The number of unbranched alkanes of at least 4 members (excludes halogenated alkanes) is 7. The average molecular weight is 371 g/mol. The van der Waals surface area contributed by atoms with Gasteiger partial charge in [0.25, 0.3) is 0 Å². The van der Waals surface area contributed by atoms with Crippen LogP contribution >= 0.6 is 0 Å². The Labute approximate surface area is 168 Å². The van der Waals surface area contributed by atoms with Crippen molar-refractivity contribution < 1.29 is 4.74 Å². The van der Waals surface area contributed by atoms with E-state index in [0.29, 0.717) is 0 Å². The highest BCUT2D eigenvalue weighted by molar-refractivity contribution is 5.28. The monoisotopic (exact) mass is 370 g/mol. The molecule has 0 amide bonds. The van der Waals surface area contributed by atoms with Crippen molar-refractivity contribution in [2.45, 2.75) is 104 Å². The van der Waals surface area contributed by atoms with Gasteiger partial charge in [-0.2, -0.15) is 0 Å². The van der Waals surface area contributed by atoms with Crippen molar-refractivity contribution in [2.75, 3.05) is 6.61 Å². The van der Waals surface area contributed by atoms with Crippen LogP contribution in [0.2, 0.25) is 0 Å². The van der Waals surface area contributed by atoms with Crippen molar-refractivity contribution in [3.05, 3.63) is 41.5 Å². The van der Waals surface area contributed by atoms with Gasteiger partial charge in [-0.1, -0.05) is 88.5 Å². The van der Waals surface area contributed by atoms with Gasteiger partial charge in [0, 0.05) is 0 Å². The highest BCUT2D eigenvalue weighted by Crippen LogP contribution is 2.30. The van der Waals surface area contributed by atoms with Gasteiger partial charge >= 0.3 is 0 Å². The zero-order valence-corrected chi connectivity index (χ0v) is 18.0. The first-order chi connectivity index (χ1) is 13.3. The molecule has 1 heteroatoms. The number of allylic oxidation sites excluding steroid dienone is 2. The van der Waals surface area contributed by atoms with E-state index in [1.807, 2.05) is 6.92 Å². The summed E-state index contributed by atoms with van der Waals surface area (Å²) in [4.78, 5) is 0. The fourth-order valence-corrected chi connectivity index (χ4v) is 4.22. The van der Waals surface area contributed by atoms with Crippen molar-refractivity contribution in [1.82, 2.24) is 0 Å². The molecule has 152 valence electrons. The van der Waals surface area contributed by atoms with Crippen molar-refractivity contribution in [1.29, 1.82) is 0 Å². The maximum atomic E-state index is 5.52. The van der Waals surface area contributed by atoms with Crippen LogP contribution in [0.3, 0.4) is 0 Å². The molecule has 1 aromatic rings. The van der Waals surface area contributed by atoms with E-state index in [1.165, 1.54) is 95.5 Å². The lowest BCUT2D eigenvalue weighted by Gasteiger charge is -2.22. The number of aryl methyl sites for hydroxylation is 1. The standard InChI is InChI=1S/C26H42O/c1-3-5-6-7-8-9-10-11-12-23-13-15-24(16-14-23)17-18-25-19-21-26(22-20-25)27-4-2/h15,19-23H,3-14,16-18H2,1-2H3. The Balaban J connectivity index is 1.54. The maximum Gasteiger partial charge on any atom is 0.119 e. The maximum absolute atomic E-state index is 5.52. The van der Waals surface area contributed by atoms with Crippen molar-refractivity contribution in [3.8, 4) is 5.75 Å². The van der Waals surface area contributed by atoms with E-state index in [1.54, 1.807) is 5.57 Å². The summed E-state index contributed by atoms with van der Waals surface area (Å²) in [6, 6.07) is 8.65. The summed E-state index contributed by atoms with van der Waals surface area (Å²) < 4.78 is 5.52. The molecule has 0 heterocycles. The lowest BCUT2D eigenvalue weighted by Crippen LogP contribution is -2.06. The molecule has 0 saturated carbocycles. The topological polar surface area (TPSA) is 9.23 Å². The third-order valence-electron chi connectivity index (χ3n) is 6.05. The van der Waals surface area contributed by atoms with Crippen molar-refractivity contribution in [3.63, 3.8) is 0 Å². The minimum Gasteiger partial charge on any atom is -0.494 e. The SMILES string of the molecule is CCCCCCCCCCC1CC=C(CCc2ccc(OCC)cc2)CC1. The molecule has 27 heavy (non-hydrogen) atoms. The van der Waals surface area contributed by atoms with Crippen LogP contribution in [0.1, 0.15) is 103 Å². The molecule has 1 aromatic carbocycles. The van der Waals surface area contributed by atoms with E-state index < -0.39 is 0 Å². The average Bonchev–Trinajstić information content (AvgIpc) is 2.70. The van der Waals surface area contributed by atoms with Gasteiger partial charge < -0.3 is 4.74 Å². The molecule has 0 aliphatic heterocycles. The minimum absolute atomic E-state index is 0.742. The van der Waals surface area contributed by atoms with E-state index in [2.05, 4.69) is 37.3 Å². The molecule has 0 aromatic heterocycles. The summed E-state index contributed by atoms with van der Waals surface area (Å²) in [5, 5.41) is 0. The Bertz CT molecular complexity index is 514. The molecule has 0 N–H and O–H groups in total. The molecule has 2 rings (SSSR count). The van der Waals surface area contributed by atoms with Gasteiger partial charge in [0.2, 0.25) is 0 Å². The van der Waals surface area contributed by atoms with Crippen LogP contribution in [0, 0.1) is 5.92 Å². The number of hydrogen-bond acceptors (Lipinski definition) is 1. The zero-order valence-electron chi connectivity index (χ0n) is 18.0. The van der Waals surface area contributed by atoms with E-state index >= 15 is 0 Å². The Hall–Kier alpha value is -1.24. The van der Waals surface area contributed by atoms with Gasteiger partial charge in [-0.25, -0.2) is 0 Å². The van der Waals surface area contributed by atoms with Gasteiger partial charge in [0.05, 0.1) is 6.61 Å². The Morgan fingerprint density at radius 1 is 0.852 bits per heavy atom. The van der Waals surface area contributed by atoms with Crippen LogP contribution in [-0.4, -0.2) is 6.61 Å². The summed E-state index contributed by atoms with van der Waals surface area (Å²) >= 11 is 0. The van der Waals surface area contributed by atoms with Crippen LogP contribution in [-0.2, 0) is 6.42 Å². The third-order valence-corrected chi connectivity index (χ3v) is 6.05. The molecular weight excluding hydrogens is 328 g/mol. The smallest absolute Gasteiger partial charge is 0.119 e. The van der Waals surface area contributed by atoms with Crippen LogP contribution in [0.5, 0.6) is 5.75 Å². The first-order valence-electron chi connectivity index (χ1n) is 11.7. The van der Waals surface area contributed by atoms with Crippen LogP contribution in [0.15, 0.2) is 35.9 Å². The summed E-state index contributed by atoms with van der Waals surface area (Å²) in [5.41, 5.74) is 3.12. The van der Waals surface area contributed by atoms with E-state index in [0.717, 1.165) is 18.3 Å². The number of benzene rings is 1. The predicted molar refractivity (Wildman–Crippen MR) is 119 cm³/mol. The summed E-state index contributed by atoms with van der Waals surface area (Å²) in [6.07, 6.45) is 22.0. The fraction of sp³-hybridized carbons (Fsp3) is 0.692. The van der Waals surface area contributed by atoms with Gasteiger partial charge in [0.15, 0.2) is 0 Å². The second-order valence-electron chi connectivity index (χ2n) is 8.34. The molecule has 0 radical (unpaired) electrons. The van der Waals surface area contributed by atoms with Crippen LogP contribution < -0.4 is 4.74 Å². The zero-order chi connectivity index (χ0) is 19.2. The lowest BCUT2D eigenvalue weighted by atomic mass is 9.84. The van der Waals surface area contributed by atoms with Gasteiger partial charge in [-0.15, -0.1) is 0 Å². The van der Waals surface area contributed by atoms with E-state index in [9.17, 15) is 0 Å². The van der Waals surface area contributed by atoms with Gasteiger partial charge in [0.1, 0.15) is 5.75 Å². The Kier molecular flexibility index (Phi) is 11.3. The first-order valence-corrected chi connectivity index (χ1v) is 11.7.